The molecule has 0 aliphatic carbocycles. The minimum absolute atomic E-state index is 0.0984. The van der Waals surface area contributed by atoms with Gasteiger partial charge in [-0.3, -0.25) is 9.59 Å². The first kappa shape index (κ1) is 7.01. The van der Waals surface area contributed by atoms with E-state index in [0.717, 1.165) is 0 Å². The van der Waals surface area contributed by atoms with Gasteiger partial charge in [0.25, 0.3) is 0 Å². The van der Waals surface area contributed by atoms with E-state index < -0.39 is 18.0 Å². The molecule has 0 aromatic carbocycles. The van der Waals surface area contributed by atoms with Crippen molar-refractivity contribution < 1.29 is 19.1 Å². The summed E-state index contributed by atoms with van der Waals surface area (Å²) in [5.41, 5.74) is 5.19. The molecule has 0 amide bonds. The summed E-state index contributed by atoms with van der Waals surface area (Å²) < 4.78 is 8.76. The van der Waals surface area contributed by atoms with E-state index >= 15 is 0 Å². The molecule has 0 aromatic rings. The summed E-state index contributed by atoms with van der Waals surface area (Å²) >= 11 is 0. The number of ether oxygens (including phenoxy) is 2. The van der Waals surface area contributed by atoms with Crippen LogP contribution in [0.2, 0.25) is 0 Å². The maximum absolute atomic E-state index is 10.6. The molecule has 5 nitrogen and oxygen atoms in total. The number of carbonyl (C=O) groups is 2. The largest absolute Gasteiger partial charge is 0.428 e. The van der Waals surface area contributed by atoms with Crippen LogP contribution in [0, 0.1) is 0 Å². The molecule has 0 spiro atoms. The van der Waals surface area contributed by atoms with Crippen molar-refractivity contribution in [3.05, 3.63) is 0 Å². The number of cyclic esters (lactones) is 2. The third kappa shape index (κ3) is 1.44. The zero-order chi connectivity index (χ0) is 7.56. The second-order valence-electron chi connectivity index (χ2n) is 1.91. The lowest BCUT2D eigenvalue weighted by Gasteiger charge is -2.00. The second-order valence-corrected chi connectivity index (χ2v) is 1.91. The van der Waals surface area contributed by atoms with Gasteiger partial charge in [-0.1, -0.05) is 0 Å². The van der Waals surface area contributed by atoms with Crippen LogP contribution in [0.1, 0.15) is 6.42 Å². The molecule has 1 rings (SSSR count). The van der Waals surface area contributed by atoms with Gasteiger partial charge in [-0.15, -0.1) is 0 Å². The zero-order valence-corrected chi connectivity index (χ0v) is 5.20. The monoisotopic (exact) mass is 145 g/mol. The highest BCUT2D eigenvalue weighted by molar-refractivity contribution is 5.83. The van der Waals surface area contributed by atoms with Crippen molar-refractivity contribution in [1.82, 2.24) is 0 Å². The van der Waals surface area contributed by atoms with E-state index in [0.29, 0.717) is 0 Å². The van der Waals surface area contributed by atoms with Crippen molar-refractivity contribution in [2.75, 3.05) is 6.79 Å². The van der Waals surface area contributed by atoms with Gasteiger partial charge in [-0.25, -0.2) is 0 Å². The van der Waals surface area contributed by atoms with Gasteiger partial charge in [-0.2, -0.15) is 0 Å². The van der Waals surface area contributed by atoms with Gasteiger partial charge < -0.3 is 15.2 Å². The summed E-state index contributed by atoms with van der Waals surface area (Å²) in [5, 5.41) is 0. The van der Waals surface area contributed by atoms with Crippen LogP contribution in [0.5, 0.6) is 0 Å². The Morgan fingerprint density at radius 3 is 2.80 bits per heavy atom. The molecule has 1 heterocycles. The molecule has 1 fully saturated rings. The second kappa shape index (κ2) is 2.66. The fraction of sp³-hybridized carbons (Fsp3) is 0.600. The fourth-order valence-corrected chi connectivity index (χ4v) is 0.582. The Balaban J connectivity index is 2.57. The Kier molecular flexibility index (Phi) is 1.86. The van der Waals surface area contributed by atoms with E-state index in [1.165, 1.54) is 0 Å². The maximum Gasteiger partial charge on any atom is 0.326 e. The van der Waals surface area contributed by atoms with Crippen LogP contribution in [0.15, 0.2) is 0 Å². The molecule has 2 N–H and O–H groups in total. The fourth-order valence-electron chi connectivity index (χ4n) is 0.582. The van der Waals surface area contributed by atoms with Crippen molar-refractivity contribution in [3.8, 4) is 0 Å². The number of esters is 2. The van der Waals surface area contributed by atoms with E-state index in [1.807, 2.05) is 0 Å². The maximum atomic E-state index is 10.6. The molecule has 0 aromatic heterocycles. The number of carbonyl (C=O) groups excluding carboxylic acids is 2. The van der Waals surface area contributed by atoms with Gasteiger partial charge in [0.05, 0.1) is 6.42 Å². The van der Waals surface area contributed by atoms with Crippen LogP contribution in [0.25, 0.3) is 0 Å². The third-order valence-electron chi connectivity index (χ3n) is 1.11. The average Bonchev–Trinajstić information content (AvgIpc) is 1.96. The number of hydrogen-bond donors (Lipinski definition) is 1. The summed E-state index contributed by atoms with van der Waals surface area (Å²) in [5.74, 6) is -1.09. The Bertz CT molecular complexity index is 167. The van der Waals surface area contributed by atoms with Gasteiger partial charge >= 0.3 is 11.9 Å². The minimum Gasteiger partial charge on any atom is -0.428 e. The smallest absolute Gasteiger partial charge is 0.326 e. The zero-order valence-electron chi connectivity index (χ0n) is 5.20. The average molecular weight is 145 g/mol. The van der Waals surface area contributed by atoms with Crippen LogP contribution in [-0.4, -0.2) is 24.8 Å². The molecule has 56 valence electrons. The van der Waals surface area contributed by atoms with Gasteiger partial charge in [-0.05, 0) is 0 Å². The van der Waals surface area contributed by atoms with E-state index in [4.69, 9.17) is 5.73 Å². The molecule has 0 radical (unpaired) electrons. The molecule has 5 heteroatoms. The number of hydrogen-bond acceptors (Lipinski definition) is 5. The first-order valence-corrected chi connectivity index (χ1v) is 2.78. The molecule has 1 atom stereocenters. The van der Waals surface area contributed by atoms with Gasteiger partial charge in [0.1, 0.15) is 6.04 Å². The highest BCUT2D eigenvalue weighted by Crippen LogP contribution is 2.00. The quantitative estimate of drug-likeness (QED) is 0.431. The standard InChI is InChI=1S/C5H7NO4/c6-3-1-4(7)9-2-10-5(3)8/h3H,1-2,6H2/t3-/m0/s1. The number of rotatable bonds is 0. The highest BCUT2D eigenvalue weighted by Gasteiger charge is 2.23. The Morgan fingerprint density at radius 1 is 1.40 bits per heavy atom. The van der Waals surface area contributed by atoms with Crippen molar-refractivity contribution in [3.63, 3.8) is 0 Å². The first-order chi connectivity index (χ1) is 4.70. The SMILES string of the molecule is N[C@H]1CC(=O)OCOC1=O. The topological polar surface area (TPSA) is 78.6 Å². The molecule has 10 heavy (non-hydrogen) atoms. The molecule has 0 unspecified atom stereocenters. The van der Waals surface area contributed by atoms with Crippen LogP contribution in [-0.2, 0) is 19.1 Å². The molecular weight excluding hydrogens is 138 g/mol. The van der Waals surface area contributed by atoms with Crippen molar-refractivity contribution in [2.24, 2.45) is 5.73 Å². The summed E-state index contributed by atoms with van der Waals surface area (Å²) in [6.07, 6.45) is -0.0984. The molecule has 1 aliphatic rings. The van der Waals surface area contributed by atoms with Crippen molar-refractivity contribution in [1.29, 1.82) is 0 Å². The van der Waals surface area contributed by atoms with Crippen LogP contribution < -0.4 is 5.73 Å². The van der Waals surface area contributed by atoms with Crippen LogP contribution in [0.3, 0.4) is 0 Å². The summed E-state index contributed by atoms with van der Waals surface area (Å²) in [6.45, 7) is -0.314. The lowest BCUT2D eigenvalue weighted by atomic mass is 10.2. The molecule has 1 aliphatic heterocycles. The minimum atomic E-state index is -0.866. The van der Waals surface area contributed by atoms with Crippen molar-refractivity contribution >= 4 is 11.9 Å². The summed E-state index contributed by atoms with van der Waals surface area (Å²) in [7, 11) is 0. The molecule has 0 bridgehead atoms. The third-order valence-corrected chi connectivity index (χ3v) is 1.11. The molecular formula is C5H7NO4. The van der Waals surface area contributed by atoms with E-state index in [1.54, 1.807) is 0 Å². The normalized spacial score (nSPS) is 26.7. The molecule has 1 saturated heterocycles. The molecule has 0 saturated carbocycles. The van der Waals surface area contributed by atoms with Crippen LogP contribution in [0.4, 0.5) is 0 Å². The van der Waals surface area contributed by atoms with E-state index in [9.17, 15) is 9.59 Å². The Hall–Kier alpha value is -1.10. The number of nitrogens with two attached hydrogens (primary N) is 1. The highest BCUT2D eigenvalue weighted by atomic mass is 16.7. The Morgan fingerprint density at radius 2 is 2.10 bits per heavy atom. The lowest BCUT2D eigenvalue weighted by Crippen LogP contribution is -2.31. The van der Waals surface area contributed by atoms with Gasteiger partial charge in [0.2, 0.25) is 6.79 Å². The predicted molar refractivity (Wildman–Crippen MR) is 29.6 cm³/mol. The Labute approximate surface area is 57.1 Å². The van der Waals surface area contributed by atoms with Crippen molar-refractivity contribution in [2.45, 2.75) is 12.5 Å². The van der Waals surface area contributed by atoms with E-state index in [2.05, 4.69) is 9.47 Å². The van der Waals surface area contributed by atoms with Gasteiger partial charge in [0.15, 0.2) is 0 Å². The summed E-state index contributed by atoms with van der Waals surface area (Å²) in [6, 6.07) is -0.866. The predicted octanol–water partition coefficient (Wildman–Crippen LogP) is -1.24. The first-order valence-electron chi connectivity index (χ1n) is 2.78. The lowest BCUT2D eigenvalue weighted by molar-refractivity contribution is -0.160. The summed E-state index contributed by atoms with van der Waals surface area (Å²) in [4.78, 5) is 21.1. The van der Waals surface area contributed by atoms with Gasteiger partial charge in [0, 0.05) is 0 Å². The van der Waals surface area contributed by atoms with E-state index in [-0.39, 0.29) is 13.2 Å². The van der Waals surface area contributed by atoms with Crippen LogP contribution >= 0.6 is 0 Å².